The van der Waals surface area contributed by atoms with Gasteiger partial charge in [-0.1, -0.05) is 29.5 Å². The highest BCUT2D eigenvalue weighted by Crippen LogP contribution is 2.41. The van der Waals surface area contributed by atoms with E-state index in [1.807, 2.05) is 31.2 Å². The highest BCUT2D eigenvalue weighted by molar-refractivity contribution is 7.98. The molecule has 3 aromatic rings. The normalized spacial score (nSPS) is 16.5. The van der Waals surface area contributed by atoms with Crippen LogP contribution in [0.3, 0.4) is 0 Å². The molecule has 0 bridgehead atoms. The number of anilines is 4. The molecule has 11 heteroatoms. The summed E-state index contributed by atoms with van der Waals surface area (Å²) < 4.78 is 7.73. The van der Waals surface area contributed by atoms with Gasteiger partial charge in [0.25, 0.3) is 0 Å². The van der Waals surface area contributed by atoms with Gasteiger partial charge in [0.05, 0.1) is 19.0 Å². The van der Waals surface area contributed by atoms with Crippen molar-refractivity contribution in [3.63, 3.8) is 0 Å². The number of aromatic nitrogens is 6. The molecule has 2 aliphatic rings. The highest BCUT2D eigenvalue weighted by atomic mass is 32.2. The minimum absolute atomic E-state index is 0.192. The van der Waals surface area contributed by atoms with E-state index in [2.05, 4.69) is 39.9 Å². The Morgan fingerprint density at radius 3 is 2.61 bits per heavy atom. The van der Waals surface area contributed by atoms with E-state index < -0.39 is 0 Å². The maximum atomic E-state index is 5.93. The van der Waals surface area contributed by atoms with Crippen LogP contribution in [0.25, 0.3) is 0 Å². The number of aryl methyl sites for hydroxylation is 1. The number of rotatable bonds is 7. The zero-order chi connectivity index (χ0) is 21.2. The lowest BCUT2D eigenvalue weighted by Crippen LogP contribution is -2.38. The summed E-state index contributed by atoms with van der Waals surface area (Å²) in [4.78, 5) is 15.3. The van der Waals surface area contributed by atoms with E-state index in [-0.39, 0.29) is 5.95 Å². The van der Waals surface area contributed by atoms with Crippen LogP contribution in [-0.2, 0) is 10.5 Å². The van der Waals surface area contributed by atoms with Crippen LogP contribution in [0.2, 0.25) is 0 Å². The molecule has 0 amide bonds. The summed E-state index contributed by atoms with van der Waals surface area (Å²) in [5.41, 5.74) is 8.02. The number of ether oxygens (including phenoxy) is 1. The van der Waals surface area contributed by atoms with Crippen LogP contribution < -0.4 is 16.0 Å². The van der Waals surface area contributed by atoms with Gasteiger partial charge in [0.15, 0.2) is 5.16 Å². The average Bonchev–Trinajstić information content (AvgIpc) is 3.53. The van der Waals surface area contributed by atoms with Crippen molar-refractivity contribution in [1.82, 2.24) is 29.7 Å². The third-order valence-electron chi connectivity index (χ3n) is 5.19. The van der Waals surface area contributed by atoms with Crippen molar-refractivity contribution >= 4 is 35.3 Å². The minimum Gasteiger partial charge on any atom is -0.378 e. The van der Waals surface area contributed by atoms with E-state index in [0.29, 0.717) is 23.6 Å². The fraction of sp³-hybridized carbons (Fsp3) is 0.450. The van der Waals surface area contributed by atoms with Crippen LogP contribution in [0.15, 0.2) is 29.4 Å². The Balaban J connectivity index is 1.31. The molecule has 1 aliphatic carbocycles. The summed E-state index contributed by atoms with van der Waals surface area (Å²) >= 11 is 1.57. The topological polar surface area (TPSA) is 120 Å². The smallest absolute Gasteiger partial charge is 0.232 e. The monoisotopic (exact) mass is 439 g/mol. The number of nitrogen functional groups attached to an aromatic ring is 1. The van der Waals surface area contributed by atoms with Crippen LogP contribution in [-0.4, -0.2) is 56.0 Å². The molecular weight excluding hydrogens is 414 g/mol. The predicted octanol–water partition coefficient (Wildman–Crippen LogP) is 2.56. The Hall–Kier alpha value is -2.92. The molecule has 0 unspecified atom stereocenters. The van der Waals surface area contributed by atoms with Crippen LogP contribution in [0.1, 0.15) is 30.3 Å². The fourth-order valence-electron chi connectivity index (χ4n) is 3.45. The molecule has 1 saturated carbocycles. The molecule has 1 aromatic carbocycles. The third kappa shape index (κ3) is 4.72. The minimum atomic E-state index is 0.192. The number of hydrogen-bond acceptors (Lipinski definition) is 10. The Morgan fingerprint density at radius 1 is 1.10 bits per heavy atom. The van der Waals surface area contributed by atoms with Crippen molar-refractivity contribution in [2.75, 3.05) is 42.3 Å². The van der Waals surface area contributed by atoms with Gasteiger partial charge in [-0.15, -0.1) is 10.2 Å². The van der Waals surface area contributed by atoms with Crippen molar-refractivity contribution < 1.29 is 4.74 Å². The van der Waals surface area contributed by atoms with Gasteiger partial charge in [0.2, 0.25) is 17.8 Å². The lowest BCUT2D eigenvalue weighted by Gasteiger charge is -2.27. The SMILES string of the molecule is Cc1ccc(Nc2nc(N)nc(CSc3nnc(N4CCOCC4)n3C3CC3)n2)cc1. The van der Waals surface area contributed by atoms with Crippen LogP contribution in [0.5, 0.6) is 0 Å². The number of nitrogens with one attached hydrogen (secondary N) is 1. The number of nitrogens with two attached hydrogens (primary N) is 1. The van der Waals surface area contributed by atoms with Crippen molar-refractivity contribution in [1.29, 1.82) is 0 Å². The van der Waals surface area contributed by atoms with E-state index >= 15 is 0 Å². The molecular formula is C20H25N9OS. The summed E-state index contributed by atoms with van der Waals surface area (Å²) in [7, 11) is 0. The first-order chi connectivity index (χ1) is 15.2. The second-order valence-corrected chi connectivity index (χ2v) is 8.64. The van der Waals surface area contributed by atoms with Gasteiger partial charge in [0.1, 0.15) is 5.82 Å². The third-order valence-corrected chi connectivity index (χ3v) is 6.13. The van der Waals surface area contributed by atoms with Crippen LogP contribution in [0.4, 0.5) is 23.5 Å². The number of morpholine rings is 1. The largest absolute Gasteiger partial charge is 0.378 e. The molecule has 162 valence electrons. The van der Waals surface area contributed by atoms with Gasteiger partial charge >= 0.3 is 0 Å². The molecule has 31 heavy (non-hydrogen) atoms. The van der Waals surface area contributed by atoms with Gasteiger partial charge in [-0.3, -0.25) is 4.57 Å². The molecule has 0 atom stereocenters. The molecule has 10 nitrogen and oxygen atoms in total. The highest BCUT2D eigenvalue weighted by Gasteiger charge is 2.32. The van der Waals surface area contributed by atoms with E-state index in [0.717, 1.165) is 55.9 Å². The van der Waals surface area contributed by atoms with Crippen LogP contribution in [0, 0.1) is 6.92 Å². The van der Waals surface area contributed by atoms with Crippen molar-refractivity contribution in [3.05, 3.63) is 35.7 Å². The molecule has 2 aromatic heterocycles. The lowest BCUT2D eigenvalue weighted by molar-refractivity contribution is 0.121. The van der Waals surface area contributed by atoms with E-state index in [1.54, 1.807) is 11.8 Å². The number of benzene rings is 1. The Bertz CT molecular complexity index is 1050. The van der Waals surface area contributed by atoms with Crippen molar-refractivity contribution in [3.8, 4) is 0 Å². The van der Waals surface area contributed by atoms with Gasteiger partial charge in [-0.2, -0.15) is 15.0 Å². The lowest BCUT2D eigenvalue weighted by atomic mass is 10.2. The maximum absolute atomic E-state index is 5.93. The zero-order valence-corrected chi connectivity index (χ0v) is 18.2. The molecule has 5 rings (SSSR count). The summed E-state index contributed by atoms with van der Waals surface area (Å²) in [6, 6.07) is 8.49. The van der Waals surface area contributed by atoms with Gasteiger partial charge < -0.3 is 20.7 Å². The Kier molecular flexibility index (Phi) is 5.60. The van der Waals surface area contributed by atoms with Crippen molar-refractivity contribution in [2.45, 2.75) is 36.7 Å². The first-order valence-corrected chi connectivity index (χ1v) is 11.4. The number of thioether (sulfide) groups is 1. The number of nitrogens with zero attached hydrogens (tertiary/aromatic N) is 7. The summed E-state index contributed by atoms with van der Waals surface area (Å²) in [6.45, 7) is 5.17. The molecule has 3 N–H and O–H groups in total. The standard InChI is InChI=1S/C20H25N9OS/c1-13-2-4-14(5-3-13)22-18-24-16(23-17(21)25-18)12-31-20-27-26-19(29(20)15-6-7-15)28-8-10-30-11-9-28/h2-5,15H,6-12H2,1H3,(H3,21,22,23,24,25). The van der Waals surface area contributed by atoms with Gasteiger partial charge in [-0.05, 0) is 31.9 Å². The van der Waals surface area contributed by atoms with E-state index in [4.69, 9.17) is 10.5 Å². The summed E-state index contributed by atoms with van der Waals surface area (Å²) in [5, 5.41) is 13.0. The Morgan fingerprint density at radius 2 is 1.87 bits per heavy atom. The van der Waals surface area contributed by atoms with Crippen LogP contribution >= 0.6 is 11.8 Å². The first kappa shape index (κ1) is 20.0. The van der Waals surface area contributed by atoms with E-state index in [1.165, 1.54) is 5.56 Å². The summed E-state index contributed by atoms with van der Waals surface area (Å²) in [5.74, 6) is 2.70. The fourth-order valence-corrected chi connectivity index (χ4v) is 4.31. The van der Waals surface area contributed by atoms with Crippen molar-refractivity contribution in [2.24, 2.45) is 0 Å². The zero-order valence-electron chi connectivity index (χ0n) is 17.4. The Labute approximate surface area is 184 Å². The quantitative estimate of drug-likeness (QED) is 0.531. The molecule has 1 aliphatic heterocycles. The first-order valence-electron chi connectivity index (χ1n) is 10.4. The van der Waals surface area contributed by atoms with E-state index in [9.17, 15) is 0 Å². The molecule has 3 heterocycles. The second-order valence-electron chi connectivity index (χ2n) is 7.70. The summed E-state index contributed by atoms with van der Waals surface area (Å²) in [6.07, 6.45) is 2.32. The maximum Gasteiger partial charge on any atom is 0.232 e. The molecule has 0 radical (unpaired) electrons. The van der Waals surface area contributed by atoms with Gasteiger partial charge in [-0.25, -0.2) is 0 Å². The molecule has 2 fully saturated rings. The second kappa shape index (κ2) is 8.67. The molecule has 1 saturated heterocycles. The predicted molar refractivity (Wildman–Crippen MR) is 120 cm³/mol. The van der Waals surface area contributed by atoms with Gasteiger partial charge in [0, 0.05) is 24.8 Å². The molecule has 0 spiro atoms. The number of hydrogen-bond donors (Lipinski definition) is 2. The average molecular weight is 440 g/mol.